The van der Waals surface area contributed by atoms with E-state index in [9.17, 15) is 9.59 Å². The van der Waals surface area contributed by atoms with Crippen molar-refractivity contribution in [2.24, 2.45) is 7.05 Å². The summed E-state index contributed by atoms with van der Waals surface area (Å²) in [6.45, 7) is 6.41. The lowest BCUT2D eigenvalue weighted by Crippen LogP contribution is -2.30. The molecule has 0 saturated heterocycles. The molecule has 22 heavy (non-hydrogen) atoms. The maximum atomic E-state index is 11.9. The Kier molecular flexibility index (Phi) is 7.22. The second-order valence-corrected chi connectivity index (χ2v) is 5.03. The molecule has 1 aromatic heterocycles. The van der Waals surface area contributed by atoms with Crippen LogP contribution in [0.4, 0.5) is 10.5 Å². The minimum Gasteiger partial charge on any atom is -0.464 e. The summed E-state index contributed by atoms with van der Waals surface area (Å²) in [5.74, 6) is -0.487. The molecule has 0 aliphatic carbocycles. The van der Waals surface area contributed by atoms with Gasteiger partial charge >= 0.3 is 12.0 Å². The van der Waals surface area contributed by atoms with Gasteiger partial charge in [-0.15, -0.1) is 6.58 Å². The lowest BCUT2D eigenvalue weighted by molar-refractivity contribution is 0.0591. The first kappa shape index (κ1) is 17.8. The molecule has 0 aromatic carbocycles. The van der Waals surface area contributed by atoms with E-state index in [2.05, 4.69) is 24.1 Å². The summed E-state index contributed by atoms with van der Waals surface area (Å²) in [5.41, 5.74) is 1.64. The Bertz CT molecular complexity index is 535. The molecule has 1 rings (SSSR count). The van der Waals surface area contributed by atoms with E-state index >= 15 is 0 Å². The van der Waals surface area contributed by atoms with Crippen LogP contribution in [0, 0.1) is 0 Å². The highest BCUT2D eigenvalue weighted by atomic mass is 16.5. The Balaban J connectivity index is 2.83. The smallest absolute Gasteiger partial charge is 0.356 e. The minimum atomic E-state index is -0.487. The summed E-state index contributed by atoms with van der Waals surface area (Å²) in [5, 5.41) is 5.50. The third-order valence-corrected chi connectivity index (χ3v) is 3.38. The van der Waals surface area contributed by atoms with Crippen LogP contribution in [-0.4, -0.2) is 30.2 Å². The molecular weight excluding hydrogens is 282 g/mol. The monoisotopic (exact) mass is 307 g/mol. The fourth-order valence-electron chi connectivity index (χ4n) is 2.18. The first-order valence-corrected chi connectivity index (χ1v) is 7.47. The lowest BCUT2D eigenvalue weighted by Gasteiger charge is -2.09. The van der Waals surface area contributed by atoms with Crippen molar-refractivity contribution in [2.75, 3.05) is 19.0 Å². The number of unbranched alkanes of at least 4 members (excludes halogenated alkanes) is 2. The summed E-state index contributed by atoms with van der Waals surface area (Å²) in [4.78, 5) is 23.8. The molecule has 0 aliphatic rings. The molecule has 0 spiro atoms. The number of nitrogens with zero attached hydrogens (tertiary/aromatic N) is 1. The normalized spacial score (nSPS) is 10.1. The van der Waals surface area contributed by atoms with E-state index in [1.54, 1.807) is 23.8 Å². The van der Waals surface area contributed by atoms with Gasteiger partial charge in [0.05, 0.1) is 12.8 Å². The Hall–Kier alpha value is -2.24. The third-order valence-electron chi connectivity index (χ3n) is 3.38. The zero-order valence-electron chi connectivity index (χ0n) is 13.6. The van der Waals surface area contributed by atoms with Crippen molar-refractivity contribution in [2.45, 2.75) is 32.6 Å². The van der Waals surface area contributed by atoms with Gasteiger partial charge in [-0.2, -0.15) is 0 Å². The summed E-state index contributed by atoms with van der Waals surface area (Å²) in [6.07, 6.45) is 5.44. The standard InChI is InChI=1S/C16H25N3O3/c1-5-7-8-10-17-16(21)18-13-11-12(9-6-2)19(3)14(13)15(20)22-4/h6,11H,2,5,7-10H2,1,3-4H3,(H2,17,18,21). The molecule has 6 nitrogen and oxygen atoms in total. The van der Waals surface area contributed by atoms with Crippen molar-refractivity contribution in [1.82, 2.24) is 9.88 Å². The van der Waals surface area contributed by atoms with Gasteiger partial charge in [-0.05, 0) is 12.5 Å². The average Bonchev–Trinajstić information content (AvgIpc) is 2.79. The Labute approximate surface area is 131 Å². The highest BCUT2D eigenvalue weighted by Gasteiger charge is 2.20. The zero-order chi connectivity index (χ0) is 16.5. The van der Waals surface area contributed by atoms with E-state index < -0.39 is 5.97 Å². The molecule has 0 radical (unpaired) electrons. The number of allylic oxidation sites excluding steroid dienone is 1. The zero-order valence-corrected chi connectivity index (χ0v) is 13.6. The molecule has 0 bridgehead atoms. The second-order valence-electron chi connectivity index (χ2n) is 5.03. The van der Waals surface area contributed by atoms with Crippen molar-refractivity contribution in [3.8, 4) is 0 Å². The first-order chi connectivity index (χ1) is 10.5. The molecule has 2 amide bonds. The van der Waals surface area contributed by atoms with Gasteiger partial charge in [0.2, 0.25) is 0 Å². The van der Waals surface area contributed by atoms with E-state index in [1.807, 2.05) is 0 Å². The number of nitrogens with one attached hydrogen (secondary N) is 2. The van der Waals surface area contributed by atoms with E-state index in [4.69, 9.17) is 4.74 Å². The molecule has 0 fully saturated rings. The molecule has 0 aliphatic heterocycles. The molecule has 122 valence electrons. The van der Waals surface area contributed by atoms with Gasteiger partial charge in [0.25, 0.3) is 0 Å². The Morgan fingerprint density at radius 2 is 2.14 bits per heavy atom. The highest BCUT2D eigenvalue weighted by Crippen LogP contribution is 2.22. The molecule has 2 N–H and O–H groups in total. The maximum absolute atomic E-state index is 11.9. The number of ether oxygens (including phenoxy) is 1. The number of anilines is 1. The summed E-state index contributed by atoms with van der Waals surface area (Å²) < 4.78 is 6.50. The van der Waals surface area contributed by atoms with Crippen molar-refractivity contribution < 1.29 is 14.3 Å². The SMILES string of the molecule is C=CCc1cc(NC(=O)NCCCCC)c(C(=O)OC)n1C. The van der Waals surface area contributed by atoms with Gasteiger partial charge in [0.1, 0.15) is 0 Å². The number of hydrogen-bond donors (Lipinski definition) is 2. The van der Waals surface area contributed by atoms with Gasteiger partial charge in [0, 0.05) is 25.7 Å². The molecule has 0 saturated carbocycles. The molecule has 0 unspecified atom stereocenters. The summed E-state index contributed by atoms with van der Waals surface area (Å²) >= 11 is 0. The number of urea groups is 1. The van der Waals surface area contributed by atoms with Gasteiger partial charge in [-0.25, -0.2) is 9.59 Å². The van der Waals surface area contributed by atoms with E-state index in [1.165, 1.54) is 7.11 Å². The molecule has 0 atom stereocenters. The number of aromatic nitrogens is 1. The van der Waals surface area contributed by atoms with Crippen LogP contribution in [0.15, 0.2) is 18.7 Å². The number of rotatable bonds is 8. The van der Waals surface area contributed by atoms with E-state index in [0.717, 1.165) is 25.0 Å². The van der Waals surface area contributed by atoms with Crippen LogP contribution in [-0.2, 0) is 18.2 Å². The predicted octanol–water partition coefficient (Wildman–Crippen LogP) is 2.85. The summed E-state index contributed by atoms with van der Waals surface area (Å²) in [7, 11) is 3.08. The van der Waals surface area contributed by atoms with Gasteiger partial charge in [-0.1, -0.05) is 25.8 Å². The number of amides is 2. The van der Waals surface area contributed by atoms with E-state index in [-0.39, 0.29) is 6.03 Å². The number of carbonyl (C=O) groups excluding carboxylic acids is 2. The van der Waals surface area contributed by atoms with Crippen LogP contribution in [0.3, 0.4) is 0 Å². The molecule has 6 heteroatoms. The first-order valence-electron chi connectivity index (χ1n) is 7.47. The maximum Gasteiger partial charge on any atom is 0.356 e. The fraction of sp³-hybridized carbons (Fsp3) is 0.500. The number of carbonyl (C=O) groups is 2. The van der Waals surface area contributed by atoms with Crippen molar-refractivity contribution in [1.29, 1.82) is 0 Å². The predicted molar refractivity (Wildman–Crippen MR) is 87.2 cm³/mol. The highest BCUT2D eigenvalue weighted by molar-refractivity contribution is 6.00. The Morgan fingerprint density at radius 3 is 2.73 bits per heavy atom. The van der Waals surface area contributed by atoms with Crippen LogP contribution in [0.25, 0.3) is 0 Å². The van der Waals surface area contributed by atoms with Crippen molar-refractivity contribution >= 4 is 17.7 Å². The lowest BCUT2D eigenvalue weighted by atomic mass is 10.2. The Morgan fingerprint density at radius 1 is 1.41 bits per heavy atom. The second kappa shape index (κ2) is 8.92. The van der Waals surface area contributed by atoms with Gasteiger partial charge in [-0.3, -0.25) is 0 Å². The van der Waals surface area contributed by atoms with Crippen molar-refractivity contribution in [3.05, 3.63) is 30.1 Å². The van der Waals surface area contributed by atoms with Crippen LogP contribution in [0.2, 0.25) is 0 Å². The largest absolute Gasteiger partial charge is 0.464 e. The summed E-state index contributed by atoms with van der Waals surface area (Å²) in [6, 6.07) is 1.44. The van der Waals surface area contributed by atoms with Gasteiger partial charge in [0.15, 0.2) is 5.69 Å². The molecule has 1 aromatic rings. The molecular formula is C16H25N3O3. The minimum absolute atomic E-state index is 0.322. The van der Waals surface area contributed by atoms with Crippen LogP contribution in [0.5, 0.6) is 0 Å². The van der Waals surface area contributed by atoms with Crippen LogP contribution < -0.4 is 10.6 Å². The number of esters is 1. The van der Waals surface area contributed by atoms with E-state index in [0.29, 0.717) is 24.3 Å². The quantitative estimate of drug-likeness (QED) is 0.441. The topological polar surface area (TPSA) is 72.4 Å². The number of hydrogen-bond acceptors (Lipinski definition) is 3. The molecule has 1 heterocycles. The van der Waals surface area contributed by atoms with Crippen LogP contribution in [0.1, 0.15) is 42.4 Å². The third kappa shape index (κ3) is 4.65. The fourth-order valence-corrected chi connectivity index (χ4v) is 2.18. The van der Waals surface area contributed by atoms with Crippen molar-refractivity contribution in [3.63, 3.8) is 0 Å². The van der Waals surface area contributed by atoms with Gasteiger partial charge < -0.3 is 19.9 Å². The van der Waals surface area contributed by atoms with Crippen LogP contribution >= 0.6 is 0 Å². The number of methoxy groups -OCH3 is 1. The average molecular weight is 307 g/mol.